The van der Waals surface area contributed by atoms with Crippen LogP contribution in [0.1, 0.15) is 36.0 Å². The number of nitrogens with one attached hydrogen (secondary N) is 1. The predicted molar refractivity (Wildman–Crippen MR) is 83.0 cm³/mol. The van der Waals surface area contributed by atoms with Gasteiger partial charge in [0.2, 0.25) is 5.91 Å². The van der Waals surface area contributed by atoms with Crippen molar-refractivity contribution in [1.82, 2.24) is 4.90 Å². The number of rotatable bonds is 4. The van der Waals surface area contributed by atoms with Crippen LogP contribution in [0.25, 0.3) is 0 Å². The van der Waals surface area contributed by atoms with E-state index in [9.17, 15) is 9.59 Å². The summed E-state index contributed by atoms with van der Waals surface area (Å²) in [5.74, 6) is -0.355. The minimum Gasteiger partial charge on any atom is -0.478 e. The van der Waals surface area contributed by atoms with Gasteiger partial charge in [-0.15, -0.1) is 0 Å². The number of anilines is 1. The maximum Gasteiger partial charge on any atom is 0.335 e. The van der Waals surface area contributed by atoms with Crippen molar-refractivity contribution in [3.05, 3.63) is 29.8 Å². The number of hydrazone groups is 1. The summed E-state index contributed by atoms with van der Waals surface area (Å²) < 4.78 is 0. The first-order chi connectivity index (χ1) is 10.6. The van der Waals surface area contributed by atoms with Gasteiger partial charge in [0.05, 0.1) is 11.3 Å². The van der Waals surface area contributed by atoms with Gasteiger partial charge in [0.1, 0.15) is 0 Å². The molecule has 116 valence electrons. The van der Waals surface area contributed by atoms with E-state index in [1.165, 1.54) is 0 Å². The zero-order chi connectivity index (χ0) is 15.5. The molecule has 3 rings (SSSR count). The Morgan fingerprint density at radius 1 is 1.14 bits per heavy atom. The molecule has 6 nitrogen and oxygen atoms in total. The fourth-order valence-corrected chi connectivity index (χ4v) is 2.52. The number of piperidine rings is 1. The lowest BCUT2D eigenvalue weighted by molar-refractivity contribution is -0.132. The Labute approximate surface area is 128 Å². The first-order valence-corrected chi connectivity index (χ1v) is 7.57. The van der Waals surface area contributed by atoms with Crippen LogP contribution in [0.5, 0.6) is 0 Å². The van der Waals surface area contributed by atoms with Gasteiger partial charge in [-0.05, 0) is 37.1 Å². The summed E-state index contributed by atoms with van der Waals surface area (Å²) in [6.07, 6.45) is 3.67. The maximum atomic E-state index is 12.0. The van der Waals surface area contributed by atoms with Gasteiger partial charge >= 0.3 is 5.97 Å². The highest BCUT2D eigenvalue weighted by molar-refractivity contribution is 5.89. The molecule has 0 unspecified atom stereocenters. The fourth-order valence-electron chi connectivity index (χ4n) is 2.52. The van der Waals surface area contributed by atoms with Crippen LogP contribution in [0.4, 0.5) is 5.69 Å². The Morgan fingerprint density at radius 2 is 1.77 bits per heavy atom. The topological polar surface area (TPSA) is 82.0 Å². The summed E-state index contributed by atoms with van der Waals surface area (Å²) in [4.78, 5) is 24.7. The van der Waals surface area contributed by atoms with Crippen LogP contribution in [-0.4, -0.2) is 40.7 Å². The van der Waals surface area contributed by atoms with Gasteiger partial charge in [-0.25, -0.2) is 4.79 Å². The molecule has 2 N–H and O–H groups in total. The number of carboxylic acids is 1. The van der Waals surface area contributed by atoms with Crippen molar-refractivity contribution < 1.29 is 14.7 Å². The molecule has 0 bridgehead atoms. The molecule has 1 aromatic carbocycles. The van der Waals surface area contributed by atoms with E-state index in [2.05, 4.69) is 10.5 Å². The highest BCUT2D eigenvalue weighted by Gasteiger charge is 2.34. The number of hydrogen-bond donors (Lipinski definition) is 2. The zero-order valence-electron chi connectivity index (χ0n) is 12.3. The summed E-state index contributed by atoms with van der Waals surface area (Å²) in [6.45, 7) is 1.49. The summed E-state index contributed by atoms with van der Waals surface area (Å²) >= 11 is 0. The molecule has 1 amide bonds. The Hall–Kier alpha value is -2.37. The Morgan fingerprint density at radius 3 is 2.32 bits per heavy atom. The average Bonchev–Trinajstić information content (AvgIpc) is 3.38. The highest BCUT2D eigenvalue weighted by atomic mass is 16.4. The third-order valence-electron chi connectivity index (χ3n) is 4.05. The van der Waals surface area contributed by atoms with Crippen molar-refractivity contribution in [1.29, 1.82) is 0 Å². The van der Waals surface area contributed by atoms with E-state index >= 15 is 0 Å². The fraction of sp³-hybridized carbons (Fsp3) is 0.438. The lowest BCUT2D eigenvalue weighted by Gasteiger charge is -2.27. The minimum absolute atomic E-state index is 0.255. The first kappa shape index (κ1) is 14.6. The van der Waals surface area contributed by atoms with E-state index in [1.54, 1.807) is 24.3 Å². The van der Waals surface area contributed by atoms with Gasteiger partial charge in [0, 0.05) is 37.6 Å². The molecule has 1 saturated carbocycles. The van der Waals surface area contributed by atoms with Crippen molar-refractivity contribution in [3.63, 3.8) is 0 Å². The molecule has 1 aliphatic heterocycles. The second-order valence-electron chi connectivity index (χ2n) is 5.77. The molecule has 22 heavy (non-hydrogen) atoms. The van der Waals surface area contributed by atoms with Crippen molar-refractivity contribution in [3.8, 4) is 0 Å². The maximum absolute atomic E-state index is 12.0. The van der Waals surface area contributed by atoms with E-state index in [-0.39, 0.29) is 11.5 Å². The molecule has 6 heteroatoms. The molecule has 0 spiro atoms. The lowest BCUT2D eigenvalue weighted by Crippen LogP contribution is -2.39. The third-order valence-corrected chi connectivity index (χ3v) is 4.05. The summed E-state index contributed by atoms with van der Waals surface area (Å²) in [5.41, 5.74) is 5.01. The SMILES string of the molecule is O=C(O)c1ccc(NN=C2CCN(C(=O)C3CC3)CC2)cc1. The smallest absolute Gasteiger partial charge is 0.335 e. The molecule has 0 radical (unpaired) electrons. The van der Waals surface area contributed by atoms with Crippen LogP contribution in [0, 0.1) is 5.92 Å². The van der Waals surface area contributed by atoms with Gasteiger partial charge < -0.3 is 10.0 Å². The normalized spacial score (nSPS) is 18.0. The number of hydrogen-bond acceptors (Lipinski definition) is 4. The molecule has 2 fully saturated rings. The van der Waals surface area contributed by atoms with E-state index in [0.717, 1.165) is 50.2 Å². The van der Waals surface area contributed by atoms with E-state index in [4.69, 9.17) is 5.11 Å². The largest absolute Gasteiger partial charge is 0.478 e. The highest BCUT2D eigenvalue weighted by Crippen LogP contribution is 2.31. The second-order valence-corrected chi connectivity index (χ2v) is 5.77. The molecular formula is C16H19N3O3. The van der Waals surface area contributed by atoms with Crippen LogP contribution in [0.15, 0.2) is 29.4 Å². The molecule has 1 saturated heterocycles. The van der Waals surface area contributed by atoms with Crippen LogP contribution < -0.4 is 5.43 Å². The van der Waals surface area contributed by atoms with E-state index in [0.29, 0.717) is 5.91 Å². The van der Waals surface area contributed by atoms with Crippen molar-refractivity contribution in [2.45, 2.75) is 25.7 Å². The molecule has 0 aromatic heterocycles. The van der Waals surface area contributed by atoms with Crippen molar-refractivity contribution in [2.24, 2.45) is 11.0 Å². The predicted octanol–water partition coefficient (Wildman–Crippen LogP) is 2.19. The van der Waals surface area contributed by atoms with Gasteiger partial charge in [-0.1, -0.05) is 0 Å². The first-order valence-electron chi connectivity index (χ1n) is 7.57. The standard InChI is InChI=1S/C16H19N3O3/c20-15(11-1-2-11)19-9-7-14(8-10-19)18-17-13-5-3-12(4-6-13)16(21)22/h3-6,11,17H,1-2,7-10H2,(H,21,22). The van der Waals surface area contributed by atoms with Crippen molar-refractivity contribution in [2.75, 3.05) is 18.5 Å². The quantitative estimate of drug-likeness (QED) is 0.835. The van der Waals surface area contributed by atoms with Gasteiger partial charge in [-0.3, -0.25) is 10.2 Å². The van der Waals surface area contributed by atoms with Crippen LogP contribution >= 0.6 is 0 Å². The summed E-state index contributed by atoms with van der Waals surface area (Å²) in [7, 11) is 0. The lowest BCUT2D eigenvalue weighted by atomic mass is 10.1. The molecule has 1 aromatic rings. The third kappa shape index (κ3) is 3.44. The Balaban J connectivity index is 1.51. The van der Waals surface area contributed by atoms with Gasteiger partial charge in [0.25, 0.3) is 0 Å². The monoisotopic (exact) mass is 301 g/mol. The van der Waals surface area contributed by atoms with E-state index < -0.39 is 5.97 Å². The molecule has 2 aliphatic rings. The second kappa shape index (κ2) is 6.17. The van der Waals surface area contributed by atoms with Crippen LogP contribution in [0.2, 0.25) is 0 Å². The van der Waals surface area contributed by atoms with Crippen LogP contribution in [0.3, 0.4) is 0 Å². The average molecular weight is 301 g/mol. The number of aromatic carboxylic acids is 1. The number of nitrogens with zero attached hydrogens (tertiary/aromatic N) is 2. The Kier molecular flexibility index (Phi) is 4.09. The summed E-state index contributed by atoms with van der Waals surface area (Å²) in [6, 6.07) is 6.47. The van der Waals surface area contributed by atoms with E-state index in [1.807, 2.05) is 4.90 Å². The number of carboxylic acid groups (broad SMARTS) is 1. The molecule has 1 aliphatic carbocycles. The molecular weight excluding hydrogens is 282 g/mol. The number of likely N-dealkylation sites (tertiary alicyclic amines) is 1. The number of amides is 1. The summed E-state index contributed by atoms with van der Waals surface area (Å²) in [5, 5.41) is 13.2. The van der Waals surface area contributed by atoms with Gasteiger partial charge in [-0.2, -0.15) is 5.10 Å². The number of benzene rings is 1. The Bertz CT molecular complexity index is 596. The number of carbonyl (C=O) groups excluding carboxylic acids is 1. The molecule has 1 heterocycles. The number of carbonyl (C=O) groups is 2. The molecule has 0 atom stereocenters. The zero-order valence-corrected chi connectivity index (χ0v) is 12.3. The van der Waals surface area contributed by atoms with Crippen LogP contribution in [-0.2, 0) is 4.79 Å². The van der Waals surface area contributed by atoms with Gasteiger partial charge in [0.15, 0.2) is 0 Å². The minimum atomic E-state index is -0.939. The van der Waals surface area contributed by atoms with Crippen molar-refractivity contribution >= 4 is 23.3 Å².